The molecule has 0 aliphatic carbocycles. The number of carbonyl (C=O) groups excluding carboxylic acids is 1. The van der Waals surface area contributed by atoms with E-state index in [1.807, 2.05) is 0 Å². The maximum absolute atomic E-state index is 13.0. The SMILES string of the molecule is C=CCSC1=NNC2C(=O)N(c3ccc(F)cc3)C=CN12. The number of nitrogens with one attached hydrogen (secondary N) is 1. The van der Waals surface area contributed by atoms with E-state index in [9.17, 15) is 9.18 Å². The van der Waals surface area contributed by atoms with Crippen LogP contribution < -0.4 is 10.3 Å². The molecule has 1 aromatic rings. The van der Waals surface area contributed by atoms with Crippen LogP contribution in [0.4, 0.5) is 10.1 Å². The molecule has 5 nitrogen and oxygen atoms in total. The number of halogens is 1. The fourth-order valence-electron chi connectivity index (χ4n) is 2.07. The van der Waals surface area contributed by atoms with Gasteiger partial charge in [-0.25, -0.2) is 4.39 Å². The zero-order chi connectivity index (χ0) is 14.8. The summed E-state index contributed by atoms with van der Waals surface area (Å²) in [6, 6.07) is 5.78. The van der Waals surface area contributed by atoms with Gasteiger partial charge in [0.05, 0.1) is 0 Å². The van der Waals surface area contributed by atoms with E-state index in [-0.39, 0.29) is 11.7 Å². The van der Waals surface area contributed by atoms with Gasteiger partial charge in [0.15, 0.2) is 5.17 Å². The van der Waals surface area contributed by atoms with Crippen molar-refractivity contribution in [1.82, 2.24) is 10.3 Å². The highest BCUT2D eigenvalue weighted by Crippen LogP contribution is 2.25. The first kappa shape index (κ1) is 13.7. The molecule has 0 bridgehead atoms. The van der Waals surface area contributed by atoms with Crippen LogP contribution in [0, 0.1) is 5.82 Å². The van der Waals surface area contributed by atoms with Crippen LogP contribution in [0.25, 0.3) is 0 Å². The molecule has 7 heteroatoms. The van der Waals surface area contributed by atoms with Crippen molar-refractivity contribution in [1.29, 1.82) is 0 Å². The van der Waals surface area contributed by atoms with Crippen molar-refractivity contribution in [3.8, 4) is 0 Å². The lowest BCUT2D eigenvalue weighted by Crippen LogP contribution is -2.52. The molecule has 2 heterocycles. The number of hydrogen-bond donors (Lipinski definition) is 1. The number of anilines is 1. The van der Waals surface area contributed by atoms with Gasteiger partial charge in [-0.05, 0) is 24.3 Å². The van der Waals surface area contributed by atoms with Crippen LogP contribution in [0.5, 0.6) is 0 Å². The molecule has 2 aliphatic heterocycles. The Morgan fingerprint density at radius 3 is 2.86 bits per heavy atom. The van der Waals surface area contributed by atoms with E-state index in [0.29, 0.717) is 11.4 Å². The van der Waals surface area contributed by atoms with Crippen molar-refractivity contribution in [3.05, 3.63) is 55.1 Å². The second kappa shape index (κ2) is 5.61. The average Bonchev–Trinajstić information content (AvgIpc) is 2.91. The van der Waals surface area contributed by atoms with Crippen molar-refractivity contribution < 1.29 is 9.18 Å². The topological polar surface area (TPSA) is 47.9 Å². The molecular formula is C14H13FN4OS. The van der Waals surface area contributed by atoms with Gasteiger partial charge in [-0.15, -0.1) is 6.58 Å². The smallest absolute Gasteiger partial charge is 0.276 e. The lowest BCUT2D eigenvalue weighted by atomic mass is 10.2. The van der Waals surface area contributed by atoms with Crippen molar-refractivity contribution in [3.63, 3.8) is 0 Å². The molecule has 1 N–H and O–H groups in total. The number of hydrazone groups is 1. The Hall–Kier alpha value is -2.28. The van der Waals surface area contributed by atoms with Gasteiger partial charge in [0, 0.05) is 23.8 Å². The zero-order valence-electron chi connectivity index (χ0n) is 11.1. The summed E-state index contributed by atoms with van der Waals surface area (Å²) in [6.45, 7) is 3.66. The maximum Gasteiger partial charge on any atom is 0.276 e. The number of hydrogen-bond acceptors (Lipinski definition) is 5. The first-order valence-electron chi connectivity index (χ1n) is 6.33. The third kappa shape index (κ3) is 2.52. The van der Waals surface area contributed by atoms with Gasteiger partial charge < -0.3 is 0 Å². The van der Waals surface area contributed by atoms with Crippen LogP contribution in [-0.2, 0) is 4.79 Å². The lowest BCUT2D eigenvalue weighted by Gasteiger charge is -2.31. The van der Waals surface area contributed by atoms with E-state index in [4.69, 9.17) is 0 Å². The summed E-state index contributed by atoms with van der Waals surface area (Å²) in [5.41, 5.74) is 3.44. The summed E-state index contributed by atoms with van der Waals surface area (Å²) in [5.74, 6) is 0.217. The number of benzene rings is 1. The Morgan fingerprint density at radius 2 is 2.14 bits per heavy atom. The number of amides is 1. The number of nitrogens with zero attached hydrogens (tertiary/aromatic N) is 3. The highest BCUT2D eigenvalue weighted by atomic mass is 32.2. The molecule has 0 fully saturated rings. The largest absolute Gasteiger partial charge is 0.294 e. The van der Waals surface area contributed by atoms with Crippen LogP contribution in [0.15, 0.2) is 54.4 Å². The molecule has 2 aliphatic rings. The molecule has 1 unspecified atom stereocenters. The monoisotopic (exact) mass is 304 g/mol. The van der Waals surface area contributed by atoms with Gasteiger partial charge in [-0.1, -0.05) is 17.8 Å². The minimum atomic E-state index is -0.563. The third-order valence-corrected chi connectivity index (χ3v) is 4.03. The molecule has 0 aromatic heterocycles. The van der Waals surface area contributed by atoms with Crippen LogP contribution in [-0.4, -0.2) is 27.9 Å². The molecule has 0 spiro atoms. The van der Waals surface area contributed by atoms with Gasteiger partial charge in [0.2, 0.25) is 6.17 Å². The molecule has 0 saturated heterocycles. The molecule has 1 amide bonds. The Kier molecular flexibility index (Phi) is 3.66. The van der Waals surface area contributed by atoms with Crippen molar-refractivity contribution in [2.75, 3.05) is 10.7 Å². The minimum absolute atomic E-state index is 0.165. The van der Waals surface area contributed by atoms with E-state index in [1.54, 1.807) is 35.5 Å². The van der Waals surface area contributed by atoms with Gasteiger partial charge in [0.25, 0.3) is 5.91 Å². The van der Waals surface area contributed by atoms with E-state index >= 15 is 0 Å². The second-order valence-electron chi connectivity index (χ2n) is 4.42. The number of amidine groups is 1. The predicted molar refractivity (Wildman–Crippen MR) is 81.9 cm³/mol. The van der Waals surface area contributed by atoms with Gasteiger partial charge in [-0.2, -0.15) is 5.10 Å². The minimum Gasteiger partial charge on any atom is -0.294 e. The predicted octanol–water partition coefficient (Wildman–Crippen LogP) is 2.06. The van der Waals surface area contributed by atoms with Gasteiger partial charge in [-0.3, -0.25) is 20.0 Å². The van der Waals surface area contributed by atoms with E-state index < -0.39 is 6.17 Å². The molecule has 108 valence electrons. The number of carbonyl (C=O) groups is 1. The Labute approximate surface area is 125 Å². The Balaban J connectivity index is 1.81. The van der Waals surface area contributed by atoms with E-state index in [1.165, 1.54) is 28.8 Å². The Morgan fingerprint density at radius 1 is 1.38 bits per heavy atom. The van der Waals surface area contributed by atoms with Crippen LogP contribution in [0.1, 0.15) is 0 Å². The highest BCUT2D eigenvalue weighted by Gasteiger charge is 2.38. The van der Waals surface area contributed by atoms with Crippen molar-refractivity contribution >= 4 is 28.5 Å². The number of thioether (sulfide) groups is 1. The van der Waals surface area contributed by atoms with Crippen molar-refractivity contribution in [2.24, 2.45) is 5.10 Å². The summed E-state index contributed by atoms with van der Waals surface area (Å²) >= 11 is 1.49. The highest BCUT2D eigenvalue weighted by molar-refractivity contribution is 8.13. The molecule has 0 saturated carbocycles. The van der Waals surface area contributed by atoms with Crippen molar-refractivity contribution in [2.45, 2.75) is 6.17 Å². The normalized spacial score (nSPS) is 20.1. The second-order valence-corrected chi connectivity index (χ2v) is 5.40. The molecular weight excluding hydrogens is 291 g/mol. The first-order valence-corrected chi connectivity index (χ1v) is 7.31. The number of rotatable bonds is 3. The average molecular weight is 304 g/mol. The van der Waals surface area contributed by atoms with Crippen LogP contribution >= 0.6 is 11.8 Å². The third-order valence-electron chi connectivity index (χ3n) is 3.06. The number of fused-ring (bicyclic) bond motifs is 1. The molecule has 1 aromatic carbocycles. The lowest BCUT2D eigenvalue weighted by molar-refractivity contribution is -0.122. The Bertz CT molecular complexity index is 628. The van der Waals surface area contributed by atoms with E-state index in [0.717, 1.165) is 5.17 Å². The molecule has 3 rings (SSSR count). The summed E-state index contributed by atoms with van der Waals surface area (Å²) in [4.78, 5) is 15.7. The first-order chi connectivity index (χ1) is 10.2. The van der Waals surface area contributed by atoms with Gasteiger partial charge >= 0.3 is 0 Å². The van der Waals surface area contributed by atoms with Crippen LogP contribution in [0.3, 0.4) is 0 Å². The molecule has 21 heavy (non-hydrogen) atoms. The zero-order valence-corrected chi connectivity index (χ0v) is 11.9. The summed E-state index contributed by atoms with van der Waals surface area (Å²) in [6.07, 6.45) is 4.65. The van der Waals surface area contributed by atoms with Gasteiger partial charge in [0.1, 0.15) is 5.82 Å². The quantitative estimate of drug-likeness (QED) is 0.869. The fraction of sp³-hybridized carbons (Fsp3) is 0.143. The molecule has 0 radical (unpaired) electrons. The standard InChI is InChI=1S/C14H13FN4OS/c1-2-9-21-14-17-16-12-13(20)18(7-8-19(12)14)11-5-3-10(15)4-6-11/h2-8,12,16H,1,9H2. The maximum atomic E-state index is 13.0. The fourth-order valence-corrected chi connectivity index (χ4v) is 2.77. The van der Waals surface area contributed by atoms with Crippen LogP contribution in [0.2, 0.25) is 0 Å². The summed E-state index contributed by atoms with van der Waals surface area (Å²) in [7, 11) is 0. The van der Waals surface area contributed by atoms with E-state index in [2.05, 4.69) is 17.1 Å². The summed E-state index contributed by atoms with van der Waals surface area (Å²) in [5, 5.41) is 4.88. The summed E-state index contributed by atoms with van der Waals surface area (Å²) < 4.78 is 13.0. The molecule has 1 atom stereocenters.